The Balaban J connectivity index is 0. The molecular weight excluding hydrogens is 336 g/mol. The highest BCUT2D eigenvalue weighted by molar-refractivity contribution is 5.75. The quantitative estimate of drug-likeness (QED) is 0.644. The summed E-state index contributed by atoms with van der Waals surface area (Å²) in [5, 5.41) is 12.1. The standard InChI is InChI=1S/C13H18O2.C6H16N2.C4H10/c1-9(2)8-11-4-6-12(7-5-11)10(3)13(14)15;1-6(2,3)8-5-4-7;1-4(2)3/h4-7,9-10H,8H2,1-3H3,(H,14,15);8H,4-5,7H2,1-3H3;4H,1-3H3. The van der Waals surface area contributed by atoms with Crippen LogP contribution in [0.2, 0.25) is 0 Å². The zero-order valence-electron chi connectivity index (χ0n) is 19.1. The number of carbonyl (C=O) groups is 1. The van der Waals surface area contributed by atoms with Gasteiger partial charge in [0, 0.05) is 18.6 Å². The molecule has 0 aliphatic carbocycles. The maximum Gasteiger partial charge on any atom is 0.310 e. The largest absolute Gasteiger partial charge is 0.481 e. The number of aliphatic carboxylic acids is 1. The van der Waals surface area contributed by atoms with Crippen LogP contribution in [0.3, 0.4) is 0 Å². The second-order valence-electron chi connectivity index (χ2n) is 9.10. The van der Waals surface area contributed by atoms with Gasteiger partial charge in [-0.1, -0.05) is 58.9 Å². The van der Waals surface area contributed by atoms with Crippen molar-refractivity contribution < 1.29 is 9.90 Å². The fraction of sp³-hybridized carbons (Fsp3) is 0.696. The lowest BCUT2D eigenvalue weighted by molar-refractivity contribution is -0.138. The van der Waals surface area contributed by atoms with Gasteiger partial charge in [-0.05, 0) is 57.1 Å². The summed E-state index contributed by atoms with van der Waals surface area (Å²) in [4.78, 5) is 10.8. The highest BCUT2D eigenvalue weighted by atomic mass is 16.4. The van der Waals surface area contributed by atoms with Crippen molar-refractivity contribution in [1.29, 1.82) is 0 Å². The number of benzene rings is 1. The van der Waals surface area contributed by atoms with Crippen LogP contribution in [0, 0.1) is 11.8 Å². The lowest BCUT2D eigenvalue weighted by Crippen LogP contribution is -2.38. The van der Waals surface area contributed by atoms with Crippen molar-refractivity contribution in [2.24, 2.45) is 17.6 Å². The predicted molar refractivity (Wildman–Crippen MR) is 118 cm³/mol. The molecule has 1 aromatic rings. The summed E-state index contributed by atoms with van der Waals surface area (Å²) in [7, 11) is 0. The fourth-order valence-corrected chi connectivity index (χ4v) is 2.00. The van der Waals surface area contributed by atoms with E-state index in [1.54, 1.807) is 6.92 Å². The van der Waals surface area contributed by atoms with Crippen LogP contribution in [-0.4, -0.2) is 29.7 Å². The first-order valence-corrected chi connectivity index (χ1v) is 10.1. The minimum Gasteiger partial charge on any atom is -0.481 e. The molecule has 0 aliphatic heterocycles. The van der Waals surface area contributed by atoms with Crippen LogP contribution < -0.4 is 11.1 Å². The molecule has 1 unspecified atom stereocenters. The predicted octanol–water partition coefficient (Wildman–Crippen LogP) is 5.07. The van der Waals surface area contributed by atoms with Gasteiger partial charge in [0.1, 0.15) is 0 Å². The Bertz CT molecular complexity index is 485. The van der Waals surface area contributed by atoms with E-state index in [1.807, 2.05) is 24.3 Å². The Morgan fingerprint density at radius 2 is 1.48 bits per heavy atom. The molecule has 0 amide bonds. The molecule has 4 nitrogen and oxygen atoms in total. The Kier molecular flexibility index (Phi) is 15.1. The van der Waals surface area contributed by atoms with Crippen molar-refractivity contribution in [3.8, 4) is 0 Å². The zero-order valence-corrected chi connectivity index (χ0v) is 19.1. The van der Waals surface area contributed by atoms with E-state index in [4.69, 9.17) is 10.8 Å². The molecule has 0 spiro atoms. The number of nitrogens with two attached hydrogens (primary N) is 1. The van der Waals surface area contributed by atoms with Crippen LogP contribution in [0.4, 0.5) is 0 Å². The third-order valence-electron chi connectivity index (χ3n) is 3.29. The van der Waals surface area contributed by atoms with Crippen LogP contribution >= 0.6 is 0 Å². The molecule has 1 rings (SSSR count). The number of carboxylic acids is 1. The van der Waals surface area contributed by atoms with E-state index in [0.29, 0.717) is 5.92 Å². The smallest absolute Gasteiger partial charge is 0.310 e. The Morgan fingerprint density at radius 3 is 1.74 bits per heavy atom. The molecule has 158 valence electrons. The second-order valence-corrected chi connectivity index (χ2v) is 9.10. The van der Waals surface area contributed by atoms with Gasteiger partial charge in [-0.3, -0.25) is 4.79 Å². The zero-order chi connectivity index (χ0) is 21.6. The summed E-state index contributed by atoms with van der Waals surface area (Å²) in [5.41, 5.74) is 7.63. The molecule has 1 atom stereocenters. The van der Waals surface area contributed by atoms with E-state index in [2.05, 4.69) is 60.7 Å². The number of nitrogens with one attached hydrogen (secondary N) is 1. The molecule has 0 saturated carbocycles. The van der Waals surface area contributed by atoms with Crippen molar-refractivity contribution in [3.63, 3.8) is 0 Å². The molecule has 0 bridgehead atoms. The van der Waals surface area contributed by atoms with Crippen molar-refractivity contribution >= 4 is 5.97 Å². The fourth-order valence-electron chi connectivity index (χ4n) is 2.00. The lowest BCUT2D eigenvalue weighted by Gasteiger charge is -2.19. The average molecular weight is 381 g/mol. The van der Waals surface area contributed by atoms with Gasteiger partial charge in [0.05, 0.1) is 5.92 Å². The molecule has 27 heavy (non-hydrogen) atoms. The normalized spacial score (nSPS) is 12.0. The highest BCUT2D eigenvalue weighted by Crippen LogP contribution is 2.17. The van der Waals surface area contributed by atoms with E-state index in [0.717, 1.165) is 31.0 Å². The molecule has 0 aliphatic rings. The Labute approximate surface area is 167 Å². The molecule has 4 N–H and O–H groups in total. The minimum atomic E-state index is -0.772. The van der Waals surface area contributed by atoms with Gasteiger partial charge in [-0.25, -0.2) is 0 Å². The van der Waals surface area contributed by atoms with Crippen LogP contribution in [-0.2, 0) is 11.2 Å². The molecule has 1 aromatic carbocycles. The summed E-state index contributed by atoms with van der Waals surface area (Å²) in [6.07, 6.45) is 1.04. The summed E-state index contributed by atoms with van der Waals surface area (Å²) in [6, 6.07) is 7.87. The average Bonchev–Trinajstić information content (AvgIpc) is 2.51. The van der Waals surface area contributed by atoms with Crippen LogP contribution in [0.1, 0.15) is 79.4 Å². The van der Waals surface area contributed by atoms with E-state index in [9.17, 15) is 4.79 Å². The molecular formula is C23H44N2O2. The van der Waals surface area contributed by atoms with Gasteiger partial charge in [-0.2, -0.15) is 0 Å². The summed E-state index contributed by atoms with van der Waals surface area (Å²) in [6.45, 7) is 20.6. The van der Waals surface area contributed by atoms with Gasteiger partial charge in [0.25, 0.3) is 0 Å². The van der Waals surface area contributed by atoms with Gasteiger partial charge in [0.2, 0.25) is 0 Å². The highest BCUT2D eigenvalue weighted by Gasteiger charge is 2.12. The number of rotatable bonds is 6. The van der Waals surface area contributed by atoms with E-state index in [-0.39, 0.29) is 5.54 Å². The first-order chi connectivity index (χ1) is 12.3. The molecule has 0 fully saturated rings. The maximum atomic E-state index is 10.8. The molecule has 4 heteroatoms. The number of hydrogen-bond donors (Lipinski definition) is 3. The third kappa shape index (κ3) is 19.2. The van der Waals surface area contributed by atoms with Crippen molar-refractivity contribution in [1.82, 2.24) is 5.32 Å². The van der Waals surface area contributed by atoms with Crippen molar-refractivity contribution in [2.75, 3.05) is 13.1 Å². The van der Waals surface area contributed by atoms with Crippen molar-refractivity contribution in [2.45, 2.75) is 80.2 Å². The first-order valence-electron chi connectivity index (χ1n) is 10.1. The topological polar surface area (TPSA) is 75.3 Å². The second kappa shape index (κ2) is 14.6. The Morgan fingerprint density at radius 1 is 1.04 bits per heavy atom. The van der Waals surface area contributed by atoms with E-state index >= 15 is 0 Å². The first kappa shape index (κ1) is 27.8. The van der Waals surface area contributed by atoms with Gasteiger partial charge in [0.15, 0.2) is 0 Å². The monoisotopic (exact) mass is 380 g/mol. The van der Waals surface area contributed by atoms with Gasteiger partial charge >= 0.3 is 5.97 Å². The SMILES string of the molecule is CC(C)(C)NCCN.CC(C)C.CC(C)Cc1ccc(C(C)C(=O)O)cc1. The summed E-state index contributed by atoms with van der Waals surface area (Å²) in [5.74, 6) is 0.275. The maximum absolute atomic E-state index is 10.8. The van der Waals surface area contributed by atoms with E-state index < -0.39 is 11.9 Å². The minimum absolute atomic E-state index is 0.222. The molecule has 0 radical (unpaired) electrons. The summed E-state index contributed by atoms with van der Waals surface area (Å²) < 4.78 is 0. The van der Waals surface area contributed by atoms with Crippen LogP contribution in [0.5, 0.6) is 0 Å². The summed E-state index contributed by atoms with van der Waals surface area (Å²) >= 11 is 0. The number of hydrogen-bond acceptors (Lipinski definition) is 3. The molecule has 0 saturated heterocycles. The molecule has 0 heterocycles. The number of carboxylic acid groups (broad SMARTS) is 1. The van der Waals surface area contributed by atoms with Crippen molar-refractivity contribution in [3.05, 3.63) is 35.4 Å². The lowest BCUT2D eigenvalue weighted by atomic mass is 9.97. The van der Waals surface area contributed by atoms with Crippen LogP contribution in [0.15, 0.2) is 24.3 Å². The third-order valence-corrected chi connectivity index (χ3v) is 3.29. The Hall–Kier alpha value is -1.39. The van der Waals surface area contributed by atoms with Gasteiger partial charge < -0.3 is 16.2 Å². The molecule has 0 aromatic heterocycles. The van der Waals surface area contributed by atoms with Crippen LogP contribution in [0.25, 0.3) is 0 Å². The van der Waals surface area contributed by atoms with E-state index in [1.165, 1.54) is 5.56 Å². The van der Waals surface area contributed by atoms with Gasteiger partial charge in [-0.15, -0.1) is 0 Å².